The molecule has 0 atom stereocenters. The number of imidazole rings is 1. The van der Waals surface area contributed by atoms with Crippen molar-refractivity contribution in [2.75, 3.05) is 0 Å². The molecule has 0 saturated heterocycles. The standard InChI is InChI=1S/C52H34N2O/c1-52(2)42-21-10-9-15-35(42)36-28-27-33(30-43(36)52)47-37-16-5-7-18-39(37)48(40-19-8-6-17-38(40)47)41-20-11-23-45-50(41)55-46-24-12-22-44-49(46)54(45)51(53-44)34-26-25-31-13-3-4-14-32(31)29-34/h3-30H,1-2H3. The van der Waals surface area contributed by atoms with Crippen molar-refractivity contribution in [3.63, 3.8) is 0 Å². The SMILES string of the molecule is CC1(C)c2ccccc2-c2ccc(-c3c4ccccc4c(-c4cccc5c4Oc4cccc6nc(-c7ccc8ccccc8c7)n-5c46)c4ccccc34)cc21. The highest BCUT2D eigenvalue weighted by Crippen LogP contribution is 2.53. The summed E-state index contributed by atoms with van der Waals surface area (Å²) < 4.78 is 9.32. The minimum absolute atomic E-state index is 0.0886. The number of aromatic nitrogens is 2. The van der Waals surface area contributed by atoms with Gasteiger partial charge in [-0.2, -0.15) is 0 Å². The molecule has 0 unspecified atom stereocenters. The fraction of sp³-hybridized carbons (Fsp3) is 0.0577. The number of fused-ring (bicyclic) bond motifs is 8. The van der Waals surface area contributed by atoms with Crippen molar-refractivity contribution >= 4 is 43.4 Å². The predicted octanol–water partition coefficient (Wildman–Crippen LogP) is 13.9. The molecule has 0 spiro atoms. The van der Waals surface area contributed by atoms with E-state index >= 15 is 0 Å². The van der Waals surface area contributed by atoms with Crippen LogP contribution in [0.15, 0.2) is 170 Å². The van der Waals surface area contributed by atoms with Crippen LogP contribution in [0.25, 0.3) is 93.8 Å². The summed E-state index contributed by atoms with van der Waals surface area (Å²) in [5.41, 5.74) is 14.0. The van der Waals surface area contributed by atoms with E-state index < -0.39 is 0 Å². The van der Waals surface area contributed by atoms with Gasteiger partial charge in [0.1, 0.15) is 11.3 Å². The van der Waals surface area contributed by atoms with Crippen LogP contribution in [0, 0.1) is 0 Å². The zero-order valence-electron chi connectivity index (χ0n) is 30.5. The molecule has 10 aromatic rings. The van der Waals surface area contributed by atoms with Gasteiger partial charge in [0.15, 0.2) is 11.5 Å². The molecule has 0 fully saturated rings. The zero-order chi connectivity index (χ0) is 36.4. The van der Waals surface area contributed by atoms with Gasteiger partial charge in [-0.25, -0.2) is 4.98 Å². The Morgan fingerprint density at radius 1 is 0.491 bits per heavy atom. The van der Waals surface area contributed by atoms with E-state index in [2.05, 4.69) is 182 Å². The van der Waals surface area contributed by atoms with E-state index in [-0.39, 0.29) is 5.41 Å². The summed E-state index contributed by atoms with van der Waals surface area (Å²) in [5.74, 6) is 2.55. The molecule has 2 aliphatic rings. The molecule has 0 amide bonds. The third-order valence-corrected chi connectivity index (χ3v) is 12.2. The van der Waals surface area contributed by atoms with Gasteiger partial charge in [0.2, 0.25) is 0 Å². The largest absolute Gasteiger partial charge is 0.452 e. The molecule has 3 heteroatoms. The van der Waals surface area contributed by atoms with E-state index in [0.29, 0.717) is 0 Å². The first kappa shape index (κ1) is 30.5. The molecule has 0 N–H and O–H groups in total. The van der Waals surface area contributed by atoms with Crippen LogP contribution in [-0.4, -0.2) is 9.55 Å². The number of nitrogens with zero attached hydrogens (tertiary/aromatic N) is 2. The molecule has 3 nitrogen and oxygen atoms in total. The van der Waals surface area contributed by atoms with Crippen LogP contribution in [0.4, 0.5) is 0 Å². The van der Waals surface area contributed by atoms with Gasteiger partial charge in [0.25, 0.3) is 0 Å². The maximum absolute atomic E-state index is 7.01. The normalized spacial score (nSPS) is 13.6. The highest BCUT2D eigenvalue weighted by molar-refractivity contribution is 6.22. The third-order valence-electron chi connectivity index (χ3n) is 12.2. The van der Waals surface area contributed by atoms with E-state index in [1.807, 2.05) is 6.07 Å². The second kappa shape index (κ2) is 11.0. The molecule has 2 heterocycles. The third kappa shape index (κ3) is 4.18. The summed E-state index contributed by atoms with van der Waals surface area (Å²) in [6.45, 7) is 4.72. The second-order valence-corrected chi connectivity index (χ2v) is 15.5. The fourth-order valence-electron chi connectivity index (χ4n) is 9.64. The number of rotatable bonds is 3. The molecule has 0 bridgehead atoms. The average Bonchev–Trinajstić information content (AvgIpc) is 3.73. The Morgan fingerprint density at radius 3 is 1.93 bits per heavy atom. The Labute approximate surface area is 318 Å². The molecule has 0 radical (unpaired) electrons. The Morgan fingerprint density at radius 2 is 1.13 bits per heavy atom. The Kier molecular flexibility index (Phi) is 6.12. The van der Waals surface area contributed by atoms with Gasteiger partial charge in [-0.1, -0.05) is 153 Å². The molecule has 258 valence electrons. The molecule has 1 aliphatic heterocycles. The minimum Gasteiger partial charge on any atom is -0.452 e. The summed E-state index contributed by atoms with van der Waals surface area (Å²) in [4.78, 5) is 5.24. The topological polar surface area (TPSA) is 27.1 Å². The zero-order valence-corrected chi connectivity index (χ0v) is 30.5. The summed E-state index contributed by atoms with van der Waals surface area (Å²) in [7, 11) is 0. The number of hydrogen-bond donors (Lipinski definition) is 0. The molecular formula is C52H34N2O. The summed E-state index contributed by atoms with van der Waals surface area (Å²) in [6.07, 6.45) is 0. The number of hydrogen-bond acceptors (Lipinski definition) is 2. The van der Waals surface area contributed by atoms with Gasteiger partial charge in [-0.3, -0.25) is 4.57 Å². The summed E-state index contributed by atoms with van der Waals surface area (Å²) in [5, 5.41) is 7.24. The molecule has 55 heavy (non-hydrogen) atoms. The van der Waals surface area contributed by atoms with Crippen molar-refractivity contribution in [2.24, 2.45) is 0 Å². The van der Waals surface area contributed by atoms with E-state index in [1.165, 1.54) is 71.3 Å². The quantitative estimate of drug-likeness (QED) is 0.171. The van der Waals surface area contributed by atoms with Crippen LogP contribution in [0.2, 0.25) is 0 Å². The highest BCUT2D eigenvalue weighted by Gasteiger charge is 2.36. The highest BCUT2D eigenvalue weighted by atomic mass is 16.5. The monoisotopic (exact) mass is 702 g/mol. The van der Waals surface area contributed by atoms with Crippen molar-refractivity contribution < 1.29 is 4.74 Å². The van der Waals surface area contributed by atoms with E-state index in [9.17, 15) is 0 Å². The van der Waals surface area contributed by atoms with Crippen molar-refractivity contribution in [1.29, 1.82) is 0 Å². The van der Waals surface area contributed by atoms with Crippen LogP contribution in [0.1, 0.15) is 25.0 Å². The lowest BCUT2D eigenvalue weighted by Gasteiger charge is -2.25. The maximum Gasteiger partial charge on any atom is 0.159 e. The molecule has 9 aromatic carbocycles. The molecular weight excluding hydrogens is 669 g/mol. The Balaban J connectivity index is 1.11. The average molecular weight is 703 g/mol. The Hall–Kier alpha value is -6.97. The van der Waals surface area contributed by atoms with Crippen LogP contribution >= 0.6 is 0 Å². The van der Waals surface area contributed by atoms with Crippen molar-refractivity contribution in [3.8, 4) is 62.0 Å². The van der Waals surface area contributed by atoms with Crippen LogP contribution in [0.3, 0.4) is 0 Å². The summed E-state index contributed by atoms with van der Waals surface area (Å²) in [6, 6.07) is 61.7. The lowest BCUT2D eigenvalue weighted by molar-refractivity contribution is 0.478. The lowest BCUT2D eigenvalue weighted by atomic mass is 9.80. The maximum atomic E-state index is 7.01. The second-order valence-electron chi connectivity index (χ2n) is 15.5. The fourth-order valence-corrected chi connectivity index (χ4v) is 9.64. The van der Waals surface area contributed by atoms with Crippen molar-refractivity contribution in [2.45, 2.75) is 19.3 Å². The van der Waals surface area contributed by atoms with Gasteiger partial charge >= 0.3 is 0 Å². The van der Waals surface area contributed by atoms with Gasteiger partial charge in [0.05, 0.1) is 11.2 Å². The number of para-hydroxylation sites is 2. The van der Waals surface area contributed by atoms with Crippen molar-refractivity contribution in [3.05, 3.63) is 181 Å². The lowest BCUT2D eigenvalue weighted by Crippen LogP contribution is -2.14. The van der Waals surface area contributed by atoms with E-state index in [4.69, 9.17) is 9.72 Å². The van der Waals surface area contributed by atoms with Crippen LogP contribution < -0.4 is 4.74 Å². The first-order chi connectivity index (χ1) is 27.0. The molecule has 1 aromatic heterocycles. The van der Waals surface area contributed by atoms with E-state index in [0.717, 1.165) is 45.2 Å². The first-order valence-electron chi connectivity index (χ1n) is 19.0. The van der Waals surface area contributed by atoms with E-state index in [1.54, 1.807) is 0 Å². The number of ether oxygens (including phenoxy) is 1. The predicted molar refractivity (Wildman–Crippen MR) is 228 cm³/mol. The van der Waals surface area contributed by atoms with Gasteiger partial charge in [0, 0.05) is 22.1 Å². The number of benzene rings is 9. The Bertz CT molecular complexity index is 3220. The van der Waals surface area contributed by atoms with Crippen LogP contribution in [-0.2, 0) is 5.41 Å². The van der Waals surface area contributed by atoms with Crippen molar-refractivity contribution in [1.82, 2.24) is 9.55 Å². The minimum atomic E-state index is -0.0886. The molecule has 1 aliphatic carbocycles. The molecule has 0 saturated carbocycles. The van der Waals surface area contributed by atoms with Gasteiger partial charge in [-0.05, 0) is 96.0 Å². The smallest absolute Gasteiger partial charge is 0.159 e. The molecule has 12 rings (SSSR count). The van der Waals surface area contributed by atoms with Gasteiger partial charge < -0.3 is 4.74 Å². The summed E-state index contributed by atoms with van der Waals surface area (Å²) >= 11 is 0. The van der Waals surface area contributed by atoms with Gasteiger partial charge in [-0.15, -0.1) is 0 Å². The first-order valence-corrected chi connectivity index (χ1v) is 19.0. The van der Waals surface area contributed by atoms with Crippen LogP contribution in [0.5, 0.6) is 11.5 Å².